The minimum atomic E-state index is -4.66. The van der Waals surface area contributed by atoms with Crippen LogP contribution in [0.3, 0.4) is 0 Å². The van der Waals surface area contributed by atoms with Crippen LogP contribution < -0.4 is 9.62 Å². The summed E-state index contributed by atoms with van der Waals surface area (Å²) in [4.78, 5) is 12.6. The summed E-state index contributed by atoms with van der Waals surface area (Å²) < 4.78 is 64.2. The number of rotatable bonds is 3. The van der Waals surface area contributed by atoms with Crippen molar-refractivity contribution in [3.63, 3.8) is 0 Å². The van der Waals surface area contributed by atoms with Crippen LogP contribution in [0.25, 0.3) is 0 Å². The fourth-order valence-electron chi connectivity index (χ4n) is 2.84. The summed E-state index contributed by atoms with van der Waals surface area (Å²) in [6, 6.07) is 5.11. The third-order valence-electron chi connectivity index (χ3n) is 4.13. The van der Waals surface area contributed by atoms with Gasteiger partial charge in [-0.15, -0.1) is 0 Å². The van der Waals surface area contributed by atoms with E-state index in [0.717, 1.165) is 16.4 Å². The predicted octanol–water partition coefficient (Wildman–Crippen LogP) is 5.46. The average molecular weight is 488 g/mol. The Morgan fingerprint density at radius 2 is 1.76 bits per heavy atom. The highest BCUT2D eigenvalue weighted by Crippen LogP contribution is 2.36. The maximum Gasteiger partial charge on any atom is 0.416 e. The Balaban J connectivity index is 1.97. The van der Waals surface area contributed by atoms with E-state index < -0.39 is 27.7 Å². The Hall–Kier alpha value is -1.68. The van der Waals surface area contributed by atoms with Crippen LogP contribution in [0.5, 0.6) is 0 Å². The van der Waals surface area contributed by atoms with Crippen molar-refractivity contribution in [3.8, 4) is 0 Å². The molecule has 1 aliphatic rings. The number of hydrogen-bond donors (Lipinski definition) is 1. The monoisotopic (exact) mass is 486 g/mol. The standard InChI is InChI=1S/C17H12Cl3F3N2O3S/c18-10-4-9(17(21,22)23)5-11(6-10)24-16(26)13-7-12(8-14(19)15(13)20)25-2-1-3-29(25,27)28/h4-8H,1-3H2,(H,24,26). The SMILES string of the molecule is O=C(Nc1cc(Cl)cc(C(F)(F)F)c1)c1cc(N2CCCS2(=O)=O)cc(Cl)c1Cl. The number of hydrogen-bond acceptors (Lipinski definition) is 3. The Morgan fingerprint density at radius 1 is 1.07 bits per heavy atom. The molecule has 1 aliphatic heterocycles. The molecular formula is C17H12Cl3F3N2O3S. The second-order valence-electron chi connectivity index (χ2n) is 6.21. The van der Waals surface area contributed by atoms with Gasteiger partial charge in [0.1, 0.15) is 0 Å². The number of amides is 1. The number of anilines is 2. The minimum absolute atomic E-state index is 0.0441. The highest BCUT2D eigenvalue weighted by atomic mass is 35.5. The molecule has 3 rings (SSSR count). The Labute approximate surface area is 179 Å². The zero-order chi connectivity index (χ0) is 21.6. The number of halogens is 6. The van der Waals surface area contributed by atoms with Gasteiger partial charge in [0.15, 0.2) is 0 Å². The molecule has 1 heterocycles. The lowest BCUT2D eigenvalue weighted by molar-refractivity contribution is -0.137. The maximum absolute atomic E-state index is 13.0. The van der Waals surface area contributed by atoms with Gasteiger partial charge in [0, 0.05) is 17.3 Å². The second kappa shape index (κ2) is 7.86. The van der Waals surface area contributed by atoms with Crippen molar-refractivity contribution in [3.05, 3.63) is 56.5 Å². The summed E-state index contributed by atoms with van der Waals surface area (Å²) >= 11 is 17.8. The van der Waals surface area contributed by atoms with E-state index in [2.05, 4.69) is 5.32 Å². The van der Waals surface area contributed by atoms with Gasteiger partial charge in [-0.2, -0.15) is 13.2 Å². The highest BCUT2D eigenvalue weighted by Gasteiger charge is 2.32. The number of benzene rings is 2. The van der Waals surface area contributed by atoms with E-state index in [1.165, 1.54) is 12.1 Å². The van der Waals surface area contributed by atoms with E-state index in [1.807, 2.05) is 0 Å². The number of nitrogens with zero attached hydrogens (tertiary/aromatic N) is 1. The molecule has 2 aromatic carbocycles. The predicted molar refractivity (Wildman–Crippen MR) is 107 cm³/mol. The van der Waals surface area contributed by atoms with Crippen molar-refractivity contribution in [1.29, 1.82) is 0 Å². The topological polar surface area (TPSA) is 66.5 Å². The van der Waals surface area contributed by atoms with E-state index in [4.69, 9.17) is 34.8 Å². The van der Waals surface area contributed by atoms with Gasteiger partial charge in [0.25, 0.3) is 5.91 Å². The molecule has 156 valence electrons. The quantitative estimate of drug-likeness (QED) is 0.625. The number of carbonyl (C=O) groups is 1. The Kier molecular flexibility index (Phi) is 5.97. The first-order valence-electron chi connectivity index (χ1n) is 8.07. The molecule has 12 heteroatoms. The van der Waals surface area contributed by atoms with Gasteiger partial charge in [0.2, 0.25) is 10.0 Å². The van der Waals surface area contributed by atoms with E-state index in [-0.39, 0.29) is 44.3 Å². The lowest BCUT2D eigenvalue weighted by Crippen LogP contribution is -2.25. The number of alkyl halides is 3. The molecule has 0 aliphatic carbocycles. The molecular weight excluding hydrogens is 476 g/mol. The van der Waals surface area contributed by atoms with Crippen LogP contribution in [0.1, 0.15) is 22.3 Å². The van der Waals surface area contributed by atoms with Crippen molar-refractivity contribution < 1.29 is 26.4 Å². The molecule has 0 spiro atoms. The molecule has 0 atom stereocenters. The fourth-order valence-corrected chi connectivity index (χ4v) is 5.03. The Morgan fingerprint density at radius 3 is 2.34 bits per heavy atom. The van der Waals surface area contributed by atoms with Crippen molar-refractivity contribution >= 4 is 62.1 Å². The smallest absolute Gasteiger partial charge is 0.322 e. The van der Waals surface area contributed by atoms with Crippen molar-refractivity contribution in [1.82, 2.24) is 0 Å². The largest absolute Gasteiger partial charge is 0.416 e. The third-order valence-corrected chi connectivity index (χ3v) is 7.02. The van der Waals surface area contributed by atoms with E-state index in [1.54, 1.807) is 0 Å². The minimum Gasteiger partial charge on any atom is -0.322 e. The molecule has 0 aromatic heterocycles. The van der Waals surface area contributed by atoms with Gasteiger partial charge in [-0.3, -0.25) is 9.10 Å². The third kappa shape index (κ3) is 4.74. The van der Waals surface area contributed by atoms with Gasteiger partial charge < -0.3 is 5.32 Å². The summed E-state index contributed by atoms with van der Waals surface area (Å²) in [5.41, 5.74) is -1.29. The van der Waals surface area contributed by atoms with Crippen molar-refractivity contribution in [2.75, 3.05) is 21.9 Å². The molecule has 5 nitrogen and oxygen atoms in total. The number of nitrogens with one attached hydrogen (secondary N) is 1. The molecule has 1 N–H and O–H groups in total. The summed E-state index contributed by atoms with van der Waals surface area (Å²) in [7, 11) is -3.54. The van der Waals surface area contributed by atoms with Crippen LogP contribution in [0, 0.1) is 0 Å². The molecule has 0 radical (unpaired) electrons. The average Bonchev–Trinajstić information content (AvgIpc) is 2.95. The molecule has 1 saturated heterocycles. The first-order chi connectivity index (χ1) is 13.4. The fraction of sp³-hybridized carbons (Fsp3) is 0.235. The normalized spacial score (nSPS) is 16.1. The molecule has 1 fully saturated rings. The van der Waals surface area contributed by atoms with Crippen LogP contribution >= 0.6 is 34.8 Å². The van der Waals surface area contributed by atoms with Crippen LogP contribution in [0.2, 0.25) is 15.1 Å². The second-order valence-corrected chi connectivity index (χ2v) is 9.45. The van der Waals surface area contributed by atoms with Crippen LogP contribution in [0.15, 0.2) is 30.3 Å². The van der Waals surface area contributed by atoms with Crippen LogP contribution in [0.4, 0.5) is 24.5 Å². The molecule has 2 aromatic rings. The zero-order valence-corrected chi connectivity index (χ0v) is 17.4. The molecule has 1 amide bonds. The van der Waals surface area contributed by atoms with Gasteiger partial charge >= 0.3 is 6.18 Å². The van der Waals surface area contributed by atoms with E-state index in [9.17, 15) is 26.4 Å². The highest BCUT2D eigenvalue weighted by molar-refractivity contribution is 7.93. The summed E-state index contributed by atoms with van der Waals surface area (Å²) in [5.74, 6) is -0.914. The van der Waals surface area contributed by atoms with Crippen LogP contribution in [-0.2, 0) is 16.2 Å². The summed E-state index contributed by atoms with van der Waals surface area (Å²) in [5, 5.41) is 1.82. The van der Waals surface area contributed by atoms with Crippen LogP contribution in [-0.4, -0.2) is 26.6 Å². The lowest BCUT2D eigenvalue weighted by atomic mass is 10.1. The molecule has 0 saturated carbocycles. The molecule has 0 unspecified atom stereocenters. The van der Waals surface area contributed by atoms with Gasteiger partial charge in [0.05, 0.1) is 32.6 Å². The lowest BCUT2D eigenvalue weighted by Gasteiger charge is -2.19. The van der Waals surface area contributed by atoms with Crippen molar-refractivity contribution in [2.45, 2.75) is 12.6 Å². The van der Waals surface area contributed by atoms with E-state index >= 15 is 0 Å². The molecule has 29 heavy (non-hydrogen) atoms. The number of carbonyl (C=O) groups excluding carboxylic acids is 1. The Bertz CT molecular complexity index is 1090. The van der Waals surface area contributed by atoms with Gasteiger partial charge in [-0.05, 0) is 36.8 Å². The maximum atomic E-state index is 13.0. The number of sulfonamides is 1. The van der Waals surface area contributed by atoms with Gasteiger partial charge in [-0.25, -0.2) is 8.42 Å². The summed E-state index contributed by atoms with van der Waals surface area (Å²) in [6.07, 6.45) is -4.25. The summed E-state index contributed by atoms with van der Waals surface area (Å²) in [6.45, 7) is 0.213. The first-order valence-corrected chi connectivity index (χ1v) is 10.8. The van der Waals surface area contributed by atoms with Gasteiger partial charge in [-0.1, -0.05) is 34.8 Å². The first kappa shape index (κ1) is 22.0. The van der Waals surface area contributed by atoms with Crippen molar-refractivity contribution in [2.24, 2.45) is 0 Å². The zero-order valence-electron chi connectivity index (χ0n) is 14.4. The molecule has 0 bridgehead atoms. The van der Waals surface area contributed by atoms with E-state index in [0.29, 0.717) is 12.5 Å².